The van der Waals surface area contributed by atoms with Gasteiger partial charge in [0.25, 0.3) is 0 Å². The lowest BCUT2D eigenvalue weighted by molar-refractivity contribution is 0.271. The number of aromatic nitrogens is 2. The highest BCUT2D eigenvalue weighted by Crippen LogP contribution is 2.21. The largest absolute Gasteiger partial charge is 0.369 e. The van der Waals surface area contributed by atoms with Gasteiger partial charge in [0.2, 0.25) is 5.95 Å². The van der Waals surface area contributed by atoms with Crippen molar-refractivity contribution in [3.05, 3.63) is 78.1 Å². The van der Waals surface area contributed by atoms with Gasteiger partial charge in [-0.2, -0.15) is 0 Å². The summed E-state index contributed by atoms with van der Waals surface area (Å²) in [5.41, 5.74) is 4.54. The Hall–Kier alpha value is -2.92. The first-order valence-corrected chi connectivity index (χ1v) is 10.0. The van der Waals surface area contributed by atoms with Crippen LogP contribution in [0, 0.1) is 0 Å². The molecule has 3 aromatic rings. The average Bonchev–Trinajstić information content (AvgIpc) is 2.75. The Morgan fingerprint density at radius 1 is 0.893 bits per heavy atom. The Morgan fingerprint density at radius 2 is 1.64 bits per heavy atom. The number of likely N-dealkylation sites (N-methyl/N-ethyl adjacent to an activating group) is 1. The Bertz CT molecular complexity index is 871. The maximum Gasteiger partial charge on any atom is 0.227 e. The molecule has 0 saturated carbocycles. The van der Waals surface area contributed by atoms with E-state index in [0.717, 1.165) is 50.5 Å². The fourth-order valence-corrected chi connectivity index (χ4v) is 3.57. The molecule has 1 aliphatic heterocycles. The summed E-state index contributed by atoms with van der Waals surface area (Å²) in [7, 11) is 0. The standard InChI is InChI=1S/C23H27N5/c1-2-27-14-16-28(17-15-27)22-10-8-20(9-11-22)25-23-24-13-12-21(26-23)18-19-6-4-3-5-7-19/h3-13H,2,14-18H2,1H3,(H,24,25,26). The zero-order valence-corrected chi connectivity index (χ0v) is 16.4. The number of rotatable bonds is 6. The van der Waals surface area contributed by atoms with Crippen LogP contribution in [0.2, 0.25) is 0 Å². The molecule has 28 heavy (non-hydrogen) atoms. The molecule has 1 N–H and O–H groups in total. The highest BCUT2D eigenvalue weighted by Gasteiger charge is 2.15. The maximum absolute atomic E-state index is 4.66. The van der Waals surface area contributed by atoms with Gasteiger partial charge in [-0.3, -0.25) is 0 Å². The number of benzene rings is 2. The summed E-state index contributed by atoms with van der Waals surface area (Å²) in [5.74, 6) is 0.637. The maximum atomic E-state index is 4.66. The second-order valence-electron chi connectivity index (χ2n) is 7.13. The van der Waals surface area contributed by atoms with E-state index in [1.807, 2.05) is 18.3 Å². The molecular weight excluding hydrogens is 346 g/mol. The summed E-state index contributed by atoms with van der Waals surface area (Å²) in [4.78, 5) is 14.0. The third-order valence-electron chi connectivity index (χ3n) is 5.25. The summed E-state index contributed by atoms with van der Waals surface area (Å²) in [6, 6.07) is 20.9. The lowest BCUT2D eigenvalue weighted by atomic mass is 10.1. The van der Waals surface area contributed by atoms with E-state index < -0.39 is 0 Å². The van der Waals surface area contributed by atoms with Gasteiger partial charge in [0.1, 0.15) is 0 Å². The second-order valence-corrected chi connectivity index (χ2v) is 7.13. The third kappa shape index (κ3) is 4.67. The average molecular weight is 374 g/mol. The van der Waals surface area contributed by atoms with Crippen molar-refractivity contribution < 1.29 is 0 Å². The van der Waals surface area contributed by atoms with Gasteiger partial charge in [-0.1, -0.05) is 37.3 Å². The normalized spacial score (nSPS) is 14.8. The Labute approximate surface area is 167 Å². The van der Waals surface area contributed by atoms with E-state index in [1.165, 1.54) is 11.3 Å². The fraction of sp³-hybridized carbons (Fsp3) is 0.304. The highest BCUT2D eigenvalue weighted by atomic mass is 15.3. The molecule has 1 saturated heterocycles. The number of piperazine rings is 1. The van der Waals surface area contributed by atoms with Crippen molar-refractivity contribution in [3.8, 4) is 0 Å². The van der Waals surface area contributed by atoms with Crippen LogP contribution in [0.3, 0.4) is 0 Å². The molecule has 1 fully saturated rings. The predicted molar refractivity (Wildman–Crippen MR) is 115 cm³/mol. The Kier molecular flexibility index (Phi) is 5.83. The highest BCUT2D eigenvalue weighted by molar-refractivity contribution is 5.59. The van der Waals surface area contributed by atoms with Crippen molar-refractivity contribution in [2.45, 2.75) is 13.3 Å². The van der Waals surface area contributed by atoms with Crippen LogP contribution in [-0.4, -0.2) is 47.6 Å². The van der Waals surface area contributed by atoms with Crippen molar-refractivity contribution in [2.75, 3.05) is 42.9 Å². The fourth-order valence-electron chi connectivity index (χ4n) is 3.57. The van der Waals surface area contributed by atoms with Crippen molar-refractivity contribution in [2.24, 2.45) is 0 Å². The quantitative estimate of drug-likeness (QED) is 0.709. The van der Waals surface area contributed by atoms with Gasteiger partial charge in [0.15, 0.2) is 0 Å². The molecule has 0 unspecified atom stereocenters. The third-order valence-corrected chi connectivity index (χ3v) is 5.25. The van der Waals surface area contributed by atoms with Crippen molar-refractivity contribution >= 4 is 17.3 Å². The summed E-state index contributed by atoms with van der Waals surface area (Å²) in [5, 5.41) is 3.33. The number of anilines is 3. The van der Waals surface area contributed by atoms with Crippen LogP contribution in [0.4, 0.5) is 17.3 Å². The van der Waals surface area contributed by atoms with Crippen LogP contribution in [-0.2, 0) is 6.42 Å². The van der Waals surface area contributed by atoms with Crippen molar-refractivity contribution in [1.29, 1.82) is 0 Å². The van der Waals surface area contributed by atoms with Gasteiger partial charge in [0, 0.05) is 50.2 Å². The van der Waals surface area contributed by atoms with Gasteiger partial charge in [-0.05, 0) is 42.4 Å². The monoisotopic (exact) mass is 373 g/mol. The van der Waals surface area contributed by atoms with Crippen LogP contribution in [0.15, 0.2) is 66.9 Å². The van der Waals surface area contributed by atoms with Crippen LogP contribution in [0.1, 0.15) is 18.2 Å². The first kappa shape index (κ1) is 18.4. The molecule has 0 spiro atoms. The lowest BCUT2D eigenvalue weighted by Gasteiger charge is -2.35. The molecule has 0 amide bonds. The van der Waals surface area contributed by atoms with Crippen LogP contribution in [0.25, 0.3) is 0 Å². The molecular formula is C23H27N5. The van der Waals surface area contributed by atoms with E-state index in [0.29, 0.717) is 5.95 Å². The van der Waals surface area contributed by atoms with E-state index in [9.17, 15) is 0 Å². The Balaban J connectivity index is 1.39. The van der Waals surface area contributed by atoms with E-state index in [-0.39, 0.29) is 0 Å². The topological polar surface area (TPSA) is 44.3 Å². The summed E-state index contributed by atoms with van der Waals surface area (Å²) >= 11 is 0. The number of hydrogen-bond donors (Lipinski definition) is 1. The van der Waals surface area contributed by atoms with Crippen molar-refractivity contribution in [1.82, 2.24) is 14.9 Å². The molecule has 0 aliphatic carbocycles. The molecule has 0 atom stereocenters. The lowest BCUT2D eigenvalue weighted by Crippen LogP contribution is -2.46. The zero-order chi connectivity index (χ0) is 19.2. The van der Waals surface area contributed by atoms with Gasteiger partial charge in [-0.25, -0.2) is 9.97 Å². The number of nitrogens with zero attached hydrogens (tertiary/aromatic N) is 4. The summed E-state index contributed by atoms with van der Waals surface area (Å²) in [6.07, 6.45) is 2.62. The van der Waals surface area contributed by atoms with E-state index >= 15 is 0 Å². The minimum absolute atomic E-state index is 0.637. The molecule has 0 bridgehead atoms. The molecule has 5 heteroatoms. The second kappa shape index (κ2) is 8.85. The van der Waals surface area contributed by atoms with Gasteiger partial charge in [-0.15, -0.1) is 0 Å². The van der Waals surface area contributed by atoms with E-state index in [4.69, 9.17) is 0 Å². The van der Waals surface area contributed by atoms with E-state index in [2.05, 4.69) is 80.5 Å². The first-order chi connectivity index (χ1) is 13.8. The van der Waals surface area contributed by atoms with Gasteiger partial charge in [0.05, 0.1) is 5.69 Å². The molecule has 4 rings (SSSR count). The van der Waals surface area contributed by atoms with Crippen molar-refractivity contribution in [3.63, 3.8) is 0 Å². The molecule has 1 aromatic heterocycles. The summed E-state index contributed by atoms with van der Waals surface area (Å²) < 4.78 is 0. The smallest absolute Gasteiger partial charge is 0.227 e. The summed E-state index contributed by atoms with van der Waals surface area (Å²) in [6.45, 7) is 7.82. The molecule has 2 heterocycles. The minimum Gasteiger partial charge on any atom is -0.369 e. The van der Waals surface area contributed by atoms with Gasteiger partial charge >= 0.3 is 0 Å². The van der Waals surface area contributed by atoms with Gasteiger partial charge < -0.3 is 15.1 Å². The SMILES string of the molecule is CCN1CCN(c2ccc(Nc3nccc(Cc4ccccc4)n3)cc2)CC1. The molecule has 1 aliphatic rings. The van der Waals surface area contributed by atoms with Crippen LogP contribution >= 0.6 is 0 Å². The zero-order valence-electron chi connectivity index (χ0n) is 16.4. The first-order valence-electron chi connectivity index (χ1n) is 10.0. The van der Waals surface area contributed by atoms with E-state index in [1.54, 1.807) is 0 Å². The molecule has 0 radical (unpaired) electrons. The predicted octanol–water partition coefficient (Wildman–Crippen LogP) is 3.95. The minimum atomic E-state index is 0.637. The Morgan fingerprint density at radius 3 is 2.36 bits per heavy atom. The molecule has 144 valence electrons. The number of nitrogens with one attached hydrogen (secondary N) is 1. The molecule has 2 aromatic carbocycles. The van der Waals surface area contributed by atoms with Crippen LogP contribution < -0.4 is 10.2 Å². The van der Waals surface area contributed by atoms with Crippen LogP contribution in [0.5, 0.6) is 0 Å². The molecule has 5 nitrogen and oxygen atoms in total. The number of hydrogen-bond acceptors (Lipinski definition) is 5.